The van der Waals surface area contributed by atoms with Crippen molar-refractivity contribution in [3.05, 3.63) is 36.4 Å². The number of benzene rings is 1. The van der Waals surface area contributed by atoms with Crippen LogP contribution >= 0.6 is 0 Å². The van der Waals surface area contributed by atoms with Crippen molar-refractivity contribution in [3.8, 4) is 22.9 Å². The molecule has 0 spiro atoms. The molecule has 2 aliphatic rings. The van der Waals surface area contributed by atoms with E-state index in [0.717, 1.165) is 19.5 Å². The second-order valence-electron chi connectivity index (χ2n) is 6.98. The van der Waals surface area contributed by atoms with Crippen molar-refractivity contribution >= 4 is 0 Å². The van der Waals surface area contributed by atoms with Crippen molar-refractivity contribution in [3.63, 3.8) is 0 Å². The topological polar surface area (TPSA) is 47.5 Å². The lowest BCUT2D eigenvalue weighted by Crippen LogP contribution is -2.49. The Bertz CT molecular complexity index is 783. The quantitative estimate of drug-likeness (QED) is 0.806. The second kappa shape index (κ2) is 7.34. The van der Waals surface area contributed by atoms with Gasteiger partial charge in [-0.15, -0.1) is 23.4 Å². The third-order valence-electron chi connectivity index (χ3n) is 5.07. The summed E-state index contributed by atoms with van der Waals surface area (Å²) >= 11 is 0. The molecule has 0 saturated carbocycles. The number of nitrogens with zero attached hydrogens (tertiary/aromatic N) is 3. The molecule has 2 saturated heterocycles. The third kappa shape index (κ3) is 4.50. The van der Waals surface area contributed by atoms with Crippen LogP contribution in [0.3, 0.4) is 0 Å². The predicted molar refractivity (Wildman–Crippen MR) is 92.3 cm³/mol. The van der Waals surface area contributed by atoms with Gasteiger partial charge in [0.1, 0.15) is 11.9 Å². The molecule has 3 heterocycles. The number of hydrogen-bond acceptors (Lipinski definition) is 5. The molecule has 0 unspecified atom stereocenters. The molecular weight excluding hydrogens is 359 g/mol. The van der Waals surface area contributed by atoms with E-state index in [-0.39, 0.29) is 11.9 Å². The van der Waals surface area contributed by atoms with Crippen molar-refractivity contribution in [2.75, 3.05) is 19.6 Å². The van der Waals surface area contributed by atoms with Crippen LogP contribution in [0.15, 0.2) is 36.4 Å². The Morgan fingerprint density at radius 1 is 1.04 bits per heavy atom. The Hall–Kier alpha value is -2.35. The summed E-state index contributed by atoms with van der Waals surface area (Å²) < 4.78 is 47.1. The van der Waals surface area contributed by atoms with E-state index >= 15 is 0 Å². The number of piperidine rings is 2. The van der Waals surface area contributed by atoms with Crippen LogP contribution in [0.2, 0.25) is 0 Å². The summed E-state index contributed by atoms with van der Waals surface area (Å²) in [7, 11) is 0. The molecule has 8 heteroatoms. The van der Waals surface area contributed by atoms with Crippen molar-refractivity contribution in [1.82, 2.24) is 15.1 Å². The molecular formula is C19H20F3N3O2. The molecule has 1 aromatic carbocycles. The van der Waals surface area contributed by atoms with E-state index in [2.05, 4.69) is 19.8 Å². The first-order valence-electron chi connectivity index (χ1n) is 9.05. The Balaban J connectivity index is 1.44. The molecule has 144 valence electrons. The monoisotopic (exact) mass is 379 g/mol. The minimum Gasteiger partial charge on any atom is -0.473 e. The number of rotatable bonds is 4. The fourth-order valence-corrected chi connectivity index (χ4v) is 3.84. The zero-order chi connectivity index (χ0) is 18.9. The van der Waals surface area contributed by atoms with E-state index < -0.39 is 6.36 Å². The Kier molecular flexibility index (Phi) is 4.90. The largest absolute Gasteiger partial charge is 0.573 e. The summed E-state index contributed by atoms with van der Waals surface area (Å²) in [5.74, 6) is 0.682. The summed E-state index contributed by atoms with van der Waals surface area (Å²) in [4.78, 5) is 2.47. The maximum Gasteiger partial charge on any atom is 0.573 e. The van der Waals surface area contributed by atoms with Crippen LogP contribution in [0.4, 0.5) is 13.2 Å². The van der Waals surface area contributed by atoms with E-state index in [9.17, 15) is 13.2 Å². The highest BCUT2D eigenvalue weighted by molar-refractivity contribution is 5.60. The van der Waals surface area contributed by atoms with Crippen LogP contribution in [0.5, 0.6) is 11.6 Å². The first-order chi connectivity index (χ1) is 13.0. The molecule has 5 nitrogen and oxygen atoms in total. The van der Waals surface area contributed by atoms with Gasteiger partial charge in [-0.2, -0.15) is 0 Å². The fraction of sp³-hybridized carbons (Fsp3) is 0.474. The summed E-state index contributed by atoms with van der Waals surface area (Å²) in [6.07, 6.45) is -1.24. The maximum absolute atomic E-state index is 12.4. The molecule has 2 aromatic rings. The molecule has 2 fully saturated rings. The molecule has 0 radical (unpaired) electrons. The highest BCUT2D eigenvalue weighted by atomic mass is 19.4. The van der Waals surface area contributed by atoms with E-state index in [1.807, 2.05) is 0 Å². The van der Waals surface area contributed by atoms with Crippen LogP contribution < -0.4 is 9.47 Å². The van der Waals surface area contributed by atoms with Gasteiger partial charge in [-0.25, -0.2) is 0 Å². The minimum atomic E-state index is -4.73. The van der Waals surface area contributed by atoms with Crippen LogP contribution in [-0.2, 0) is 0 Å². The summed E-state index contributed by atoms with van der Waals surface area (Å²) in [5, 5.41) is 8.22. The van der Waals surface area contributed by atoms with Gasteiger partial charge in [-0.05, 0) is 44.0 Å². The molecule has 0 N–H and O–H groups in total. The summed E-state index contributed by atoms with van der Waals surface area (Å²) in [5.41, 5.74) is 0.957. The Morgan fingerprint density at radius 2 is 1.93 bits per heavy atom. The maximum atomic E-state index is 12.4. The van der Waals surface area contributed by atoms with E-state index in [4.69, 9.17) is 4.74 Å². The number of alkyl halides is 3. The van der Waals surface area contributed by atoms with Crippen molar-refractivity contribution in [1.29, 1.82) is 0 Å². The molecule has 0 aliphatic carbocycles. The van der Waals surface area contributed by atoms with Gasteiger partial charge >= 0.3 is 6.36 Å². The van der Waals surface area contributed by atoms with Crippen LogP contribution in [0, 0.1) is 5.92 Å². The van der Waals surface area contributed by atoms with E-state index in [1.165, 1.54) is 37.6 Å². The summed E-state index contributed by atoms with van der Waals surface area (Å²) in [6.45, 7) is 3.29. The summed E-state index contributed by atoms with van der Waals surface area (Å²) in [6, 6.07) is 9.10. The van der Waals surface area contributed by atoms with Crippen molar-refractivity contribution < 1.29 is 22.6 Å². The second-order valence-corrected chi connectivity index (χ2v) is 6.98. The first kappa shape index (κ1) is 18.0. The zero-order valence-electron chi connectivity index (χ0n) is 14.7. The Morgan fingerprint density at radius 3 is 2.70 bits per heavy atom. The van der Waals surface area contributed by atoms with Crippen LogP contribution in [0.1, 0.15) is 19.3 Å². The highest BCUT2D eigenvalue weighted by Gasteiger charge is 2.33. The normalized spacial score (nSPS) is 25.1. The minimum absolute atomic E-state index is 0.144. The molecule has 4 rings (SSSR count). The fourth-order valence-electron chi connectivity index (χ4n) is 3.84. The highest BCUT2D eigenvalue weighted by Crippen LogP contribution is 2.30. The van der Waals surface area contributed by atoms with Crippen molar-refractivity contribution in [2.24, 2.45) is 5.92 Å². The first-order valence-corrected chi connectivity index (χ1v) is 9.05. The van der Waals surface area contributed by atoms with Gasteiger partial charge in [0, 0.05) is 30.6 Å². The molecule has 3 atom stereocenters. The third-order valence-corrected chi connectivity index (χ3v) is 5.07. The van der Waals surface area contributed by atoms with Gasteiger partial charge in [-0.3, -0.25) is 0 Å². The van der Waals surface area contributed by atoms with Gasteiger partial charge in [0.05, 0.1) is 5.69 Å². The van der Waals surface area contributed by atoms with E-state index in [1.54, 1.807) is 18.2 Å². The van der Waals surface area contributed by atoms with Crippen LogP contribution in [-0.4, -0.2) is 47.2 Å². The molecule has 2 aliphatic heterocycles. The number of halogens is 3. The molecule has 1 aromatic heterocycles. The van der Waals surface area contributed by atoms with Gasteiger partial charge in [0.25, 0.3) is 0 Å². The molecule has 0 amide bonds. The Labute approximate surface area is 155 Å². The van der Waals surface area contributed by atoms with Crippen molar-refractivity contribution in [2.45, 2.75) is 31.7 Å². The number of hydrogen-bond donors (Lipinski definition) is 0. The van der Waals surface area contributed by atoms with E-state index in [0.29, 0.717) is 23.1 Å². The molecule has 27 heavy (non-hydrogen) atoms. The average molecular weight is 379 g/mol. The molecule has 2 bridgehead atoms. The zero-order valence-corrected chi connectivity index (χ0v) is 14.7. The number of aromatic nitrogens is 2. The van der Waals surface area contributed by atoms with Gasteiger partial charge < -0.3 is 14.4 Å². The smallest absolute Gasteiger partial charge is 0.473 e. The van der Waals surface area contributed by atoms with Crippen LogP contribution in [0.25, 0.3) is 11.3 Å². The lowest BCUT2D eigenvalue weighted by atomic mass is 9.87. The van der Waals surface area contributed by atoms with Gasteiger partial charge in [0.15, 0.2) is 0 Å². The number of ether oxygens (including phenoxy) is 2. The lowest BCUT2D eigenvalue weighted by molar-refractivity contribution is -0.274. The lowest BCUT2D eigenvalue weighted by Gasteiger charge is -2.42. The standard InChI is InChI=1S/C19H20F3N3O2/c20-19(21,22)27-15-5-1-3-13(11-15)16-6-7-18(24-23-16)26-17-8-10-25-9-2-4-14(17)12-25/h1,3,5-7,11,14,17H,2,4,8-10,12H2/t14-,17-/m0/s1. The predicted octanol–water partition coefficient (Wildman–Crippen LogP) is 3.91. The average Bonchev–Trinajstić information content (AvgIpc) is 2.64. The SMILES string of the molecule is FC(F)(F)Oc1cccc(-c2ccc(O[C@H]3CC[N@@]4CCC[C@H]3C4)nn2)c1. The van der Waals surface area contributed by atoms with Gasteiger partial charge in [0.2, 0.25) is 5.88 Å². The van der Waals surface area contributed by atoms with Gasteiger partial charge in [-0.1, -0.05) is 12.1 Å². The number of fused-ring (bicyclic) bond motifs is 2.